The Kier molecular flexibility index (Phi) is 3.44. The van der Waals surface area contributed by atoms with Gasteiger partial charge < -0.3 is 10.2 Å². The van der Waals surface area contributed by atoms with Gasteiger partial charge in [0.05, 0.1) is 5.02 Å². The van der Waals surface area contributed by atoms with Crippen molar-refractivity contribution in [2.75, 3.05) is 18.0 Å². The van der Waals surface area contributed by atoms with E-state index in [1.807, 2.05) is 0 Å². The smallest absolute Gasteiger partial charge is 0.128 e. The molecular weight excluding hydrogens is 258 g/mol. The zero-order valence-corrected chi connectivity index (χ0v) is 12.5. The van der Waals surface area contributed by atoms with E-state index in [0.717, 1.165) is 30.5 Å². The van der Waals surface area contributed by atoms with Crippen LogP contribution in [0.3, 0.4) is 0 Å². The van der Waals surface area contributed by atoms with E-state index < -0.39 is 0 Å². The molecule has 3 nitrogen and oxygen atoms in total. The molecular formula is C15H22ClN3. The van der Waals surface area contributed by atoms with Gasteiger partial charge in [-0.3, -0.25) is 0 Å². The standard InChI is InChI=1S/C15H22ClN3/c1-15(2)5-6-19(10-15)14-7-11(13(16)9-18-14)8-17-12-3-4-12/h7,9,12,17H,3-6,8,10H2,1-2H3. The van der Waals surface area contributed by atoms with Crippen LogP contribution >= 0.6 is 11.6 Å². The summed E-state index contributed by atoms with van der Waals surface area (Å²) in [5.74, 6) is 1.07. The number of halogens is 1. The summed E-state index contributed by atoms with van der Waals surface area (Å²) in [6, 6.07) is 2.86. The van der Waals surface area contributed by atoms with Gasteiger partial charge in [0.25, 0.3) is 0 Å². The zero-order valence-electron chi connectivity index (χ0n) is 11.7. The number of rotatable bonds is 4. The Hall–Kier alpha value is -0.800. The minimum atomic E-state index is 0.397. The average Bonchev–Trinajstić information content (AvgIpc) is 3.12. The number of hydrogen-bond acceptors (Lipinski definition) is 3. The fourth-order valence-electron chi connectivity index (χ4n) is 2.63. The predicted molar refractivity (Wildman–Crippen MR) is 79.7 cm³/mol. The van der Waals surface area contributed by atoms with Crippen LogP contribution in [0.25, 0.3) is 0 Å². The molecule has 2 heterocycles. The summed E-state index contributed by atoms with van der Waals surface area (Å²) in [5, 5.41) is 4.29. The van der Waals surface area contributed by atoms with Gasteiger partial charge in [0.15, 0.2) is 0 Å². The molecule has 1 saturated heterocycles. The number of aromatic nitrogens is 1. The molecule has 0 radical (unpaired) electrons. The lowest BCUT2D eigenvalue weighted by atomic mass is 9.93. The number of nitrogens with zero attached hydrogens (tertiary/aromatic N) is 2. The van der Waals surface area contributed by atoms with Crippen molar-refractivity contribution < 1.29 is 0 Å². The van der Waals surface area contributed by atoms with E-state index in [1.165, 1.54) is 24.8 Å². The van der Waals surface area contributed by atoms with Crippen LogP contribution in [0, 0.1) is 5.41 Å². The third-order valence-corrected chi connectivity index (χ3v) is 4.42. The summed E-state index contributed by atoms with van der Waals surface area (Å²) >= 11 is 6.24. The normalized spacial score (nSPS) is 21.9. The van der Waals surface area contributed by atoms with Crippen molar-refractivity contribution in [1.82, 2.24) is 10.3 Å². The molecule has 0 aromatic carbocycles. The molecule has 0 atom stereocenters. The fraction of sp³-hybridized carbons (Fsp3) is 0.667. The maximum atomic E-state index is 6.24. The first kappa shape index (κ1) is 13.2. The van der Waals surface area contributed by atoms with Gasteiger partial charge >= 0.3 is 0 Å². The second-order valence-corrected chi connectivity index (χ2v) is 7.03. The molecule has 0 amide bonds. The molecule has 0 spiro atoms. The van der Waals surface area contributed by atoms with Crippen molar-refractivity contribution in [1.29, 1.82) is 0 Å². The van der Waals surface area contributed by atoms with Crippen LogP contribution in [0.2, 0.25) is 5.02 Å². The minimum absolute atomic E-state index is 0.397. The van der Waals surface area contributed by atoms with Crippen molar-refractivity contribution in [3.63, 3.8) is 0 Å². The predicted octanol–water partition coefficient (Wildman–Crippen LogP) is 3.22. The molecule has 19 heavy (non-hydrogen) atoms. The van der Waals surface area contributed by atoms with E-state index in [-0.39, 0.29) is 0 Å². The molecule has 1 aromatic rings. The molecule has 1 aliphatic carbocycles. The van der Waals surface area contributed by atoms with Gasteiger partial charge in [-0.1, -0.05) is 25.4 Å². The van der Waals surface area contributed by atoms with E-state index in [1.54, 1.807) is 6.20 Å². The Labute approximate surface area is 120 Å². The second kappa shape index (κ2) is 4.95. The molecule has 104 valence electrons. The van der Waals surface area contributed by atoms with Crippen LogP contribution in [0.4, 0.5) is 5.82 Å². The van der Waals surface area contributed by atoms with Crippen LogP contribution in [0.1, 0.15) is 38.7 Å². The molecule has 1 N–H and O–H groups in total. The van der Waals surface area contributed by atoms with Gasteiger partial charge in [0, 0.05) is 31.9 Å². The first-order valence-electron chi connectivity index (χ1n) is 7.16. The molecule has 2 fully saturated rings. The van der Waals surface area contributed by atoms with Crippen LogP contribution < -0.4 is 10.2 Å². The Morgan fingerprint density at radius 1 is 1.47 bits per heavy atom. The molecule has 2 aliphatic rings. The average molecular weight is 280 g/mol. The third kappa shape index (κ3) is 3.21. The molecule has 4 heteroatoms. The molecule has 1 aliphatic heterocycles. The molecule has 0 bridgehead atoms. The molecule has 3 rings (SSSR count). The van der Waals surface area contributed by atoms with E-state index in [9.17, 15) is 0 Å². The van der Waals surface area contributed by atoms with Crippen LogP contribution in [-0.2, 0) is 6.54 Å². The van der Waals surface area contributed by atoms with Gasteiger partial charge in [-0.2, -0.15) is 0 Å². The first-order valence-corrected chi connectivity index (χ1v) is 7.54. The van der Waals surface area contributed by atoms with Crippen molar-refractivity contribution in [2.24, 2.45) is 5.41 Å². The highest BCUT2D eigenvalue weighted by Crippen LogP contribution is 2.32. The maximum absolute atomic E-state index is 6.24. The van der Waals surface area contributed by atoms with E-state index in [2.05, 4.69) is 35.1 Å². The highest BCUT2D eigenvalue weighted by molar-refractivity contribution is 6.31. The Bertz CT molecular complexity index is 468. The summed E-state index contributed by atoms with van der Waals surface area (Å²) < 4.78 is 0. The number of hydrogen-bond donors (Lipinski definition) is 1. The van der Waals surface area contributed by atoms with E-state index in [0.29, 0.717) is 11.5 Å². The monoisotopic (exact) mass is 279 g/mol. The summed E-state index contributed by atoms with van der Waals surface area (Å²) in [7, 11) is 0. The lowest BCUT2D eigenvalue weighted by Crippen LogP contribution is -2.24. The first-order chi connectivity index (χ1) is 9.03. The van der Waals surface area contributed by atoms with Crippen LogP contribution in [0.15, 0.2) is 12.3 Å². The topological polar surface area (TPSA) is 28.2 Å². The summed E-state index contributed by atoms with van der Waals surface area (Å²) in [6.07, 6.45) is 5.63. The van der Waals surface area contributed by atoms with Gasteiger partial charge in [-0.05, 0) is 36.3 Å². The number of anilines is 1. The summed E-state index contributed by atoms with van der Waals surface area (Å²) in [4.78, 5) is 6.87. The number of nitrogens with one attached hydrogen (secondary N) is 1. The van der Waals surface area contributed by atoms with Crippen molar-refractivity contribution in [2.45, 2.75) is 45.7 Å². The van der Waals surface area contributed by atoms with Gasteiger partial charge in [-0.15, -0.1) is 0 Å². The SMILES string of the molecule is CC1(C)CCN(c2cc(CNC3CC3)c(Cl)cn2)C1. The van der Waals surface area contributed by atoms with Gasteiger partial charge in [0.2, 0.25) is 0 Å². The van der Waals surface area contributed by atoms with Crippen molar-refractivity contribution in [3.05, 3.63) is 22.8 Å². The second-order valence-electron chi connectivity index (χ2n) is 6.62. The Morgan fingerprint density at radius 3 is 2.89 bits per heavy atom. The quantitative estimate of drug-likeness (QED) is 0.917. The van der Waals surface area contributed by atoms with Crippen molar-refractivity contribution >= 4 is 17.4 Å². The minimum Gasteiger partial charge on any atom is -0.356 e. The molecule has 1 aromatic heterocycles. The fourth-order valence-corrected chi connectivity index (χ4v) is 2.80. The lowest BCUT2D eigenvalue weighted by molar-refractivity contribution is 0.418. The Morgan fingerprint density at radius 2 is 2.26 bits per heavy atom. The highest BCUT2D eigenvalue weighted by Gasteiger charge is 2.30. The van der Waals surface area contributed by atoms with Crippen LogP contribution in [0.5, 0.6) is 0 Å². The van der Waals surface area contributed by atoms with E-state index in [4.69, 9.17) is 11.6 Å². The number of pyridine rings is 1. The Balaban J connectivity index is 1.72. The largest absolute Gasteiger partial charge is 0.356 e. The zero-order chi connectivity index (χ0) is 13.5. The summed E-state index contributed by atoms with van der Waals surface area (Å²) in [6.45, 7) is 7.67. The van der Waals surface area contributed by atoms with Gasteiger partial charge in [-0.25, -0.2) is 4.98 Å². The van der Waals surface area contributed by atoms with Gasteiger partial charge in [0.1, 0.15) is 5.82 Å². The van der Waals surface area contributed by atoms with E-state index >= 15 is 0 Å². The highest BCUT2D eigenvalue weighted by atomic mass is 35.5. The molecule has 0 unspecified atom stereocenters. The summed E-state index contributed by atoms with van der Waals surface area (Å²) in [5.41, 5.74) is 1.57. The third-order valence-electron chi connectivity index (χ3n) is 4.08. The van der Waals surface area contributed by atoms with Crippen molar-refractivity contribution in [3.8, 4) is 0 Å². The molecule has 1 saturated carbocycles. The van der Waals surface area contributed by atoms with Crippen LogP contribution in [-0.4, -0.2) is 24.1 Å². The maximum Gasteiger partial charge on any atom is 0.128 e. The lowest BCUT2D eigenvalue weighted by Gasteiger charge is -2.21.